The fourth-order valence-corrected chi connectivity index (χ4v) is 2.96. The Labute approximate surface area is 136 Å². The first-order chi connectivity index (χ1) is 11.6. The van der Waals surface area contributed by atoms with Gasteiger partial charge < -0.3 is 14.8 Å². The van der Waals surface area contributed by atoms with Gasteiger partial charge in [0, 0.05) is 18.7 Å². The summed E-state index contributed by atoms with van der Waals surface area (Å²) in [5, 5.41) is 12.1. The van der Waals surface area contributed by atoms with Gasteiger partial charge in [0.1, 0.15) is 11.4 Å². The molecule has 3 aromatic rings. The SMILES string of the molecule is CNc1nc2oc3ccc(C4CCC4)nc3c(=O)c2cc1C(=O)O. The van der Waals surface area contributed by atoms with Crippen LogP contribution >= 0.6 is 0 Å². The molecule has 3 aromatic heterocycles. The lowest BCUT2D eigenvalue weighted by atomic mass is 9.82. The van der Waals surface area contributed by atoms with Crippen LogP contribution in [0.15, 0.2) is 27.4 Å². The lowest BCUT2D eigenvalue weighted by Crippen LogP contribution is -2.14. The average Bonchev–Trinajstić information content (AvgIpc) is 2.52. The summed E-state index contributed by atoms with van der Waals surface area (Å²) in [6.07, 6.45) is 3.33. The van der Waals surface area contributed by atoms with Gasteiger partial charge in [0.15, 0.2) is 11.1 Å². The van der Waals surface area contributed by atoms with Crippen molar-refractivity contribution in [3.05, 3.63) is 39.7 Å². The van der Waals surface area contributed by atoms with Crippen LogP contribution in [0.3, 0.4) is 0 Å². The number of fused-ring (bicyclic) bond motifs is 2. The predicted molar refractivity (Wildman–Crippen MR) is 88.7 cm³/mol. The molecule has 1 saturated carbocycles. The second-order valence-electron chi connectivity index (χ2n) is 5.93. The number of hydrogen-bond acceptors (Lipinski definition) is 6. The summed E-state index contributed by atoms with van der Waals surface area (Å²) >= 11 is 0. The highest BCUT2D eigenvalue weighted by Crippen LogP contribution is 2.35. The van der Waals surface area contributed by atoms with Crippen molar-refractivity contribution in [1.82, 2.24) is 9.97 Å². The highest BCUT2D eigenvalue weighted by Gasteiger charge is 2.23. The smallest absolute Gasteiger partial charge is 0.339 e. The van der Waals surface area contributed by atoms with E-state index in [1.165, 1.54) is 12.5 Å². The Kier molecular flexibility index (Phi) is 3.23. The van der Waals surface area contributed by atoms with E-state index in [2.05, 4.69) is 15.3 Å². The molecule has 0 atom stereocenters. The summed E-state index contributed by atoms with van der Waals surface area (Å²) in [5.41, 5.74) is 1.13. The molecule has 1 aliphatic carbocycles. The van der Waals surface area contributed by atoms with Gasteiger partial charge in [-0.25, -0.2) is 9.78 Å². The summed E-state index contributed by atoms with van der Waals surface area (Å²) in [6, 6.07) is 4.91. The lowest BCUT2D eigenvalue weighted by Gasteiger charge is -2.24. The molecule has 24 heavy (non-hydrogen) atoms. The van der Waals surface area contributed by atoms with E-state index < -0.39 is 5.97 Å². The molecule has 0 bridgehead atoms. The van der Waals surface area contributed by atoms with Gasteiger partial charge in [-0.05, 0) is 31.0 Å². The van der Waals surface area contributed by atoms with Crippen LogP contribution in [0.25, 0.3) is 22.2 Å². The molecule has 0 saturated heterocycles. The van der Waals surface area contributed by atoms with Gasteiger partial charge in [-0.2, -0.15) is 4.98 Å². The monoisotopic (exact) mass is 325 g/mol. The number of aromatic nitrogens is 2. The first kappa shape index (κ1) is 14.6. The highest BCUT2D eigenvalue weighted by molar-refractivity contribution is 5.98. The van der Waals surface area contributed by atoms with Crippen LogP contribution in [-0.2, 0) is 0 Å². The van der Waals surface area contributed by atoms with Crippen LogP contribution in [-0.4, -0.2) is 28.1 Å². The van der Waals surface area contributed by atoms with Gasteiger partial charge in [0.2, 0.25) is 11.1 Å². The first-order valence-corrected chi connectivity index (χ1v) is 7.78. The van der Waals surface area contributed by atoms with E-state index in [0.717, 1.165) is 18.5 Å². The minimum Gasteiger partial charge on any atom is -0.478 e. The van der Waals surface area contributed by atoms with Gasteiger partial charge in [-0.1, -0.05) is 6.42 Å². The van der Waals surface area contributed by atoms with Gasteiger partial charge in [0.05, 0.1) is 5.39 Å². The zero-order valence-electron chi connectivity index (χ0n) is 13.0. The van der Waals surface area contributed by atoms with Crippen molar-refractivity contribution in [2.24, 2.45) is 0 Å². The Morgan fingerprint density at radius 3 is 2.75 bits per heavy atom. The van der Waals surface area contributed by atoms with E-state index >= 15 is 0 Å². The van der Waals surface area contributed by atoms with Crippen molar-refractivity contribution in [2.75, 3.05) is 12.4 Å². The molecule has 1 aliphatic rings. The number of carbonyl (C=O) groups is 1. The summed E-state index contributed by atoms with van der Waals surface area (Å²) in [7, 11) is 1.56. The van der Waals surface area contributed by atoms with Crippen molar-refractivity contribution >= 4 is 34.0 Å². The standard InChI is InChI=1S/C17H15N3O4/c1-18-15-10(17(22)23)7-9-14(21)13-12(24-16(9)20-15)6-5-11(19-13)8-3-2-4-8/h5-8H,2-4H2,1H3,(H,18,20)(H,22,23). The molecule has 0 aliphatic heterocycles. The van der Waals surface area contributed by atoms with Crippen LogP contribution in [0.1, 0.15) is 41.2 Å². The van der Waals surface area contributed by atoms with Crippen LogP contribution < -0.4 is 10.7 Å². The van der Waals surface area contributed by atoms with E-state index in [-0.39, 0.29) is 33.4 Å². The quantitative estimate of drug-likeness (QED) is 0.713. The third-order valence-electron chi connectivity index (χ3n) is 4.52. The second kappa shape index (κ2) is 5.30. The van der Waals surface area contributed by atoms with Gasteiger partial charge in [-0.15, -0.1) is 0 Å². The number of rotatable bonds is 3. The van der Waals surface area contributed by atoms with Crippen LogP contribution in [0.2, 0.25) is 0 Å². The third kappa shape index (κ3) is 2.12. The largest absolute Gasteiger partial charge is 0.478 e. The number of nitrogens with one attached hydrogen (secondary N) is 1. The number of anilines is 1. The molecular formula is C17H15N3O4. The molecule has 2 N–H and O–H groups in total. The van der Waals surface area contributed by atoms with E-state index in [0.29, 0.717) is 11.5 Å². The minimum absolute atomic E-state index is 0.0770. The topological polar surface area (TPSA) is 105 Å². The van der Waals surface area contributed by atoms with E-state index in [1.54, 1.807) is 13.1 Å². The maximum absolute atomic E-state index is 12.8. The van der Waals surface area contributed by atoms with Gasteiger partial charge >= 0.3 is 5.97 Å². The maximum atomic E-state index is 12.8. The average molecular weight is 325 g/mol. The van der Waals surface area contributed by atoms with Crippen LogP contribution in [0.5, 0.6) is 0 Å². The summed E-state index contributed by atoms with van der Waals surface area (Å²) in [5.74, 6) is -0.621. The van der Waals surface area contributed by atoms with Crippen molar-refractivity contribution in [3.8, 4) is 0 Å². The summed E-state index contributed by atoms with van der Waals surface area (Å²) < 4.78 is 5.68. The van der Waals surface area contributed by atoms with Crippen LogP contribution in [0.4, 0.5) is 5.82 Å². The van der Waals surface area contributed by atoms with Crippen molar-refractivity contribution in [3.63, 3.8) is 0 Å². The molecule has 0 spiro atoms. The Hall–Kier alpha value is -2.96. The highest BCUT2D eigenvalue weighted by atomic mass is 16.4. The normalized spacial score (nSPS) is 14.7. The number of carboxylic acid groups (broad SMARTS) is 1. The molecule has 3 heterocycles. The Morgan fingerprint density at radius 1 is 1.33 bits per heavy atom. The fourth-order valence-electron chi connectivity index (χ4n) is 2.96. The zero-order valence-corrected chi connectivity index (χ0v) is 13.0. The zero-order chi connectivity index (χ0) is 16.8. The Bertz CT molecular complexity index is 1040. The Morgan fingerprint density at radius 2 is 2.12 bits per heavy atom. The number of aromatic carboxylic acids is 1. The third-order valence-corrected chi connectivity index (χ3v) is 4.52. The number of carboxylic acids is 1. The minimum atomic E-state index is -1.16. The molecule has 7 nitrogen and oxygen atoms in total. The van der Waals surface area contributed by atoms with Crippen molar-refractivity contribution in [2.45, 2.75) is 25.2 Å². The number of pyridine rings is 2. The van der Waals surface area contributed by atoms with Gasteiger partial charge in [0.25, 0.3) is 0 Å². The number of nitrogens with zero attached hydrogens (tertiary/aromatic N) is 2. The lowest BCUT2D eigenvalue weighted by molar-refractivity contribution is 0.0698. The van der Waals surface area contributed by atoms with Crippen molar-refractivity contribution < 1.29 is 14.3 Å². The molecule has 4 rings (SSSR count). The first-order valence-electron chi connectivity index (χ1n) is 7.78. The van der Waals surface area contributed by atoms with Gasteiger partial charge in [-0.3, -0.25) is 4.79 Å². The second-order valence-corrected chi connectivity index (χ2v) is 5.93. The Balaban J connectivity index is 2.01. The maximum Gasteiger partial charge on any atom is 0.339 e. The molecular weight excluding hydrogens is 310 g/mol. The molecule has 0 unspecified atom stereocenters. The molecule has 0 aromatic carbocycles. The molecule has 0 radical (unpaired) electrons. The van der Waals surface area contributed by atoms with E-state index in [9.17, 15) is 14.7 Å². The number of hydrogen-bond donors (Lipinski definition) is 2. The summed E-state index contributed by atoms with van der Waals surface area (Å²) in [6.45, 7) is 0. The summed E-state index contributed by atoms with van der Waals surface area (Å²) in [4.78, 5) is 32.7. The predicted octanol–water partition coefficient (Wildman–Crippen LogP) is 2.74. The molecule has 0 amide bonds. The molecule has 1 fully saturated rings. The van der Waals surface area contributed by atoms with E-state index in [1.807, 2.05) is 6.07 Å². The van der Waals surface area contributed by atoms with Crippen molar-refractivity contribution in [1.29, 1.82) is 0 Å². The van der Waals surface area contributed by atoms with E-state index in [4.69, 9.17) is 4.42 Å². The molecule has 122 valence electrons. The fraction of sp³-hybridized carbons (Fsp3) is 0.294. The molecule has 7 heteroatoms. The van der Waals surface area contributed by atoms with Crippen LogP contribution in [0, 0.1) is 0 Å².